The number of halogens is 9. The highest BCUT2D eigenvalue weighted by molar-refractivity contribution is 6.66. The number of aryl methyl sites for hydroxylation is 1. The van der Waals surface area contributed by atoms with E-state index in [2.05, 4.69) is 9.97 Å². The van der Waals surface area contributed by atoms with Gasteiger partial charge in [-0.2, -0.15) is 13.2 Å². The van der Waals surface area contributed by atoms with Gasteiger partial charge in [0.05, 0.1) is 15.1 Å². The molecular formula is C17H12Cl6F3N3. The molecule has 0 saturated carbocycles. The fraction of sp³-hybridized carbons (Fsp3) is 0.412. The van der Waals surface area contributed by atoms with Crippen LogP contribution in [0.1, 0.15) is 23.2 Å². The zero-order chi connectivity index (χ0) is 21.8. The average Bonchev–Trinajstić information content (AvgIpc) is 3.05. The number of hydrogen-bond acceptors (Lipinski definition) is 3. The van der Waals surface area contributed by atoms with Crippen molar-refractivity contribution >= 4 is 75.6 Å². The first-order valence-corrected chi connectivity index (χ1v) is 10.4. The molecule has 0 spiro atoms. The summed E-state index contributed by atoms with van der Waals surface area (Å²) in [7, 11) is 0. The first-order valence-electron chi connectivity index (χ1n) is 8.14. The summed E-state index contributed by atoms with van der Waals surface area (Å²) in [4.78, 5) is 9.71. The fourth-order valence-electron chi connectivity index (χ4n) is 3.32. The smallest absolute Gasteiger partial charge is 0.340 e. The molecule has 2 aromatic rings. The summed E-state index contributed by atoms with van der Waals surface area (Å²) >= 11 is 35.6. The molecule has 12 heteroatoms. The van der Waals surface area contributed by atoms with Crippen LogP contribution in [0.4, 0.5) is 19.1 Å². The largest absolute Gasteiger partial charge is 0.400 e. The molecule has 1 aromatic carbocycles. The molecular weight excluding hydrogens is 516 g/mol. The van der Waals surface area contributed by atoms with Crippen molar-refractivity contribution in [3.8, 4) is 0 Å². The van der Waals surface area contributed by atoms with Crippen molar-refractivity contribution in [3.63, 3.8) is 0 Å². The van der Waals surface area contributed by atoms with Gasteiger partial charge in [0.2, 0.25) is 9.74 Å². The summed E-state index contributed by atoms with van der Waals surface area (Å²) in [5.74, 6) is 0.0363. The SMILES string of the molecule is Cc1cnc(N2CCC(c3cc(Cl)c(Cl)c(Cl)c3)(C(F)(F)F)C2)nc1C(Cl)(Cl)Cl. The Morgan fingerprint density at radius 2 is 1.66 bits per heavy atom. The number of rotatable bonds is 2. The minimum atomic E-state index is -4.59. The third-order valence-electron chi connectivity index (χ3n) is 4.86. The Kier molecular flexibility index (Phi) is 6.39. The molecule has 29 heavy (non-hydrogen) atoms. The van der Waals surface area contributed by atoms with E-state index in [9.17, 15) is 13.2 Å². The van der Waals surface area contributed by atoms with E-state index in [1.165, 1.54) is 23.2 Å². The molecule has 158 valence electrons. The van der Waals surface area contributed by atoms with Crippen LogP contribution in [0.2, 0.25) is 15.1 Å². The summed E-state index contributed by atoms with van der Waals surface area (Å²) in [5, 5.41) is -0.110. The van der Waals surface area contributed by atoms with Crippen LogP contribution in [0.3, 0.4) is 0 Å². The highest BCUT2D eigenvalue weighted by atomic mass is 35.6. The summed E-state index contributed by atoms with van der Waals surface area (Å²) in [6, 6.07) is 2.38. The maximum atomic E-state index is 14.2. The molecule has 1 aromatic heterocycles. The number of alkyl halides is 6. The molecule has 3 rings (SSSR count). The van der Waals surface area contributed by atoms with E-state index in [0.717, 1.165) is 0 Å². The Hall–Kier alpha value is -0.370. The lowest BCUT2D eigenvalue weighted by molar-refractivity contribution is -0.184. The molecule has 1 aliphatic rings. The van der Waals surface area contributed by atoms with E-state index in [4.69, 9.17) is 69.6 Å². The van der Waals surface area contributed by atoms with Crippen LogP contribution in [0, 0.1) is 6.92 Å². The molecule has 1 fully saturated rings. The quantitative estimate of drug-likeness (QED) is 0.303. The van der Waals surface area contributed by atoms with E-state index in [-0.39, 0.29) is 45.2 Å². The van der Waals surface area contributed by atoms with Crippen LogP contribution in [0.15, 0.2) is 18.3 Å². The lowest BCUT2D eigenvalue weighted by Gasteiger charge is -2.33. The van der Waals surface area contributed by atoms with Crippen molar-refractivity contribution in [1.29, 1.82) is 0 Å². The van der Waals surface area contributed by atoms with Gasteiger partial charge in [-0.3, -0.25) is 0 Å². The second-order valence-corrected chi connectivity index (χ2v) is 10.2. The Morgan fingerprint density at radius 3 is 2.17 bits per heavy atom. The van der Waals surface area contributed by atoms with E-state index in [1.807, 2.05) is 0 Å². The zero-order valence-corrected chi connectivity index (χ0v) is 19.1. The highest BCUT2D eigenvalue weighted by Crippen LogP contribution is 2.50. The zero-order valence-electron chi connectivity index (χ0n) is 14.6. The number of anilines is 1. The van der Waals surface area contributed by atoms with Crippen molar-refractivity contribution in [1.82, 2.24) is 9.97 Å². The number of benzene rings is 1. The van der Waals surface area contributed by atoms with E-state index in [0.29, 0.717) is 5.56 Å². The monoisotopic (exact) mass is 525 g/mol. The van der Waals surface area contributed by atoms with Gasteiger partial charge in [-0.25, -0.2) is 9.97 Å². The van der Waals surface area contributed by atoms with Gasteiger partial charge in [0.1, 0.15) is 11.1 Å². The number of aromatic nitrogens is 2. The molecule has 1 unspecified atom stereocenters. The Balaban J connectivity index is 2.05. The Morgan fingerprint density at radius 1 is 1.07 bits per heavy atom. The standard InChI is InChI=1S/C17H12Cl6F3N3/c1-8-6-27-14(28-13(8)16(21,22)23)29-3-2-15(7-29,17(24,25)26)9-4-10(18)12(20)11(19)5-9/h4-6H,2-3,7H2,1H3. The van der Waals surface area contributed by atoms with Gasteiger partial charge < -0.3 is 4.90 Å². The predicted octanol–water partition coefficient (Wildman–Crippen LogP) is 7.28. The maximum Gasteiger partial charge on any atom is 0.400 e. The van der Waals surface area contributed by atoms with Crippen LogP contribution in [0.5, 0.6) is 0 Å². The first kappa shape index (κ1) is 23.3. The van der Waals surface area contributed by atoms with Crippen molar-refractivity contribution in [2.24, 2.45) is 0 Å². The van der Waals surface area contributed by atoms with Crippen LogP contribution in [-0.4, -0.2) is 29.2 Å². The van der Waals surface area contributed by atoms with Crippen molar-refractivity contribution < 1.29 is 13.2 Å². The van der Waals surface area contributed by atoms with Gasteiger partial charge in [-0.05, 0) is 36.6 Å². The normalized spacial score (nSPS) is 20.4. The Labute approximate surface area is 195 Å². The minimum absolute atomic E-state index is 0.00144. The molecule has 0 radical (unpaired) electrons. The molecule has 0 aliphatic carbocycles. The van der Waals surface area contributed by atoms with Crippen molar-refractivity contribution in [3.05, 3.63) is 50.2 Å². The highest BCUT2D eigenvalue weighted by Gasteiger charge is 2.59. The van der Waals surface area contributed by atoms with Crippen molar-refractivity contribution in [2.45, 2.75) is 28.7 Å². The van der Waals surface area contributed by atoms with Gasteiger partial charge in [-0.1, -0.05) is 69.6 Å². The number of hydrogen-bond donors (Lipinski definition) is 0. The van der Waals surface area contributed by atoms with Gasteiger partial charge in [0.15, 0.2) is 0 Å². The van der Waals surface area contributed by atoms with Gasteiger partial charge in [0.25, 0.3) is 0 Å². The van der Waals surface area contributed by atoms with Crippen LogP contribution >= 0.6 is 69.6 Å². The second-order valence-electron chi connectivity index (χ2n) is 6.70. The summed E-state index contributed by atoms with van der Waals surface area (Å²) in [6.07, 6.45) is -3.45. The summed E-state index contributed by atoms with van der Waals surface area (Å²) in [5.41, 5.74) is -1.71. The minimum Gasteiger partial charge on any atom is -0.340 e. The molecule has 2 heterocycles. The third kappa shape index (κ3) is 4.35. The molecule has 1 atom stereocenters. The van der Waals surface area contributed by atoms with Crippen LogP contribution in [-0.2, 0) is 9.21 Å². The topological polar surface area (TPSA) is 29.0 Å². The fourth-order valence-corrected chi connectivity index (χ4v) is 4.49. The van der Waals surface area contributed by atoms with E-state index < -0.39 is 21.9 Å². The van der Waals surface area contributed by atoms with Gasteiger partial charge in [0, 0.05) is 19.3 Å². The lowest BCUT2D eigenvalue weighted by Crippen LogP contribution is -2.45. The summed E-state index contributed by atoms with van der Waals surface area (Å²) < 4.78 is 40.9. The van der Waals surface area contributed by atoms with Crippen LogP contribution in [0.25, 0.3) is 0 Å². The van der Waals surface area contributed by atoms with Gasteiger partial charge >= 0.3 is 6.18 Å². The second kappa shape index (κ2) is 7.95. The molecule has 1 saturated heterocycles. The van der Waals surface area contributed by atoms with E-state index in [1.54, 1.807) is 6.92 Å². The molecule has 1 aliphatic heterocycles. The van der Waals surface area contributed by atoms with Gasteiger partial charge in [-0.15, -0.1) is 0 Å². The van der Waals surface area contributed by atoms with E-state index >= 15 is 0 Å². The lowest BCUT2D eigenvalue weighted by atomic mass is 9.79. The average molecular weight is 528 g/mol. The molecule has 0 amide bonds. The predicted molar refractivity (Wildman–Crippen MR) is 112 cm³/mol. The first-order chi connectivity index (χ1) is 13.3. The van der Waals surface area contributed by atoms with Crippen LogP contribution < -0.4 is 4.90 Å². The molecule has 0 bridgehead atoms. The molecule has 0 N–H and O–H groups in total. The third-order valence-corrected chi connectivity index (χ3v) is 6.59. The molecule has 3 nitrogen and oxygen atoms in total. The Bertz CT molecular complexity index is 924. The number of nitrogens with zero attached hydrogens (tertiary/aromatic N) is 3. The maximum absolute atomic E-state index is 14.2. The van der Waals surface area contributed by atoms with Crippen molar-refractivity contribution in [2.75, 3.05) is 18.0 Å². The summed E-state index contributed by atoms with van der Waals surface area (Å²) in [6.45, 7) is 1.22.